The molecule has 0 radical (unpaired) electrons. The van der Waals surface area contributed by atoms with Gasteiger partial charge in [0.25, 0.3) is 5.91 Å². The summed E-state index contributed by atoms with van der Waals surface area (Å²) >= 11 is 0. The van der Waals surface area contributed by atoms with E-state index in [2.05, 4.69) is 0 Å². The van der Waals surface area contributed by atoms with E-state index >= 15 is 0 Å². The maximum absolute atomic E-state index is 11.5. The average molecular weight is 220 g/mol. The summed E-state index contributed by atoms with van der Waals surface area (Å²) in [6.07, 6.45) is 0.801. The Morgan fingerprint density at radius 1 is 1.56 bits per heavy atom. The first-order valence-electron chi connectivity index (χ1n) is 5.36. The number of hydrogen-bond acceptors (Lipinski definition) is 3. The van der Waals surface area contributed by atoms with Crippen molar-refractivity contribution >= 4 is 11.6 Å². The van der Waals surface area contributed by atoms with Crippen molar-refractivity contribution in [3.8, 4) is 5.75 Å². The van der Waals surface area contributed by atoms with Crippen LogP contribution in [-0.2, 0) is 11.2 Å². The van der Waals surface area contributed by atoms with Crippen LogP contribution in [0, 0.1) is 0 Å². The van der Waals surface area contributed by atoms with Gasteiger partial charge in [-0.3, -0.25) is 4.79 Å². The highest BCUT2D eigenvalue weighted by molar-refractivity contribution is 5.97. The Balaban J connectivity index is 2.33. The summed E-state index contributed by atoms with van der Waals surface area (Å²) in [7, 11) is 1.76. The second-order valence-corrected chi connectivity index (χ2v) is 4.22. The van der Waals surface area contributed by atoms with Gasteiger partial charge < -0.3 is 15.4 Å². The van der Waals surface area contributed by atoms with Crippen molar-refractivity contribution in [3.05, 3.63) is 23.8 Å². The van der Waals surface area contributed by atoms with Crippen molar-refractivity contribution in [2.24, 2.45) is 5.73 Å². The summed E-state index contributed by atoms with van der Waals surface area (Å²) in [5.74, 6) is 0.737. The SMILES string of the molecule is CC(N)Cc1ccc2c(c1)N(C)C(=O)CO2. The van der Waals surface area contributed by atoms with Gasteiger partial charge in [0.05, 0.1) is 5.69 Å². The maximum Gasteiger partial charge on any atom is 0.264 e. The zero-order valence-corrected chi connectivity index (χ0v) is 9.56. The second-order valence-electron chi connectivity index (χ2n) is 4.22. The summed E-state index contributed by atoms with van der Waals surface area (Å²) in [4.78, 5) is 13.1. The molecule has 2 N–H and O–H groups in total. The van der Waals surface area contributed by atoms with Crippen LogP contribution in [0.15, 0.2) is 18.2 Å². The predicted molar refractivity (Wildman–Crippen MR) is 62.7 cm³/mol. The lowest BCUT2D eigenvalue weighted by atomic mass is 10.1. The molecular formula is C12H16N2O2. The topological polar surface area (TPSA) is 55.6 Å². The molecule has 1 aromatic carbocycles. The summed E-state index contributed by atoms with van der Waals surface area (Å²) in [5.41, 5.74) is 7.70. The van der Waals surface area contributed by atoms with Gasteiger partial charge in [-0.2, -0.15) is 0 Å². The number of hydrogen-bond donors (Lipinski definition) is 1. The first kappa shape index (κ1) is 11.0. The summed E-state index contributed by atoms with van der Waals surface area (Å²) in [6, 6.07) is 5.97. The molecule has 1 aliphatic heterocycles. The Bertz CT molecular complexity index is 415. The van der Waals surface area contributed by atoms with Crippen molar-refractivity contribution in [2.45, 2.75) is 19.4 Å². The largest absolute Gasteiger partial charge is 0.482 e. The third kappa shape index (κ3) is 2.02. The number of carbonyl (C=O) groups excluding carboxylic acids is 1. The number of amides is 1. The molecule has 4 heteroatoms. The lowest BCUT2D eigenvalue weighted by Crippen LogP contribution is -2.35. The van der Waals surface area contributed by atoms with Gasteiger partial charge in [0.1, 0.15) is 5.75 Å². The van der Waals surface area contributed by atoms with E-state index in [1.54, 1.807) is 11.9 Å². The van der Waals surface area contributed by atoms with E-state index in [9.17, 15) is 4.79 Å². The van der Waals surface area contributed by atoms with Gasteiger partial charge in [0.2, 0.25) is 0 Å². The molecule has 16 heavy (non-hydrogen) atoms. The van der Waals surface area contributed by atoms with E-state index in [0.717, 1.165) is 23.4 Å². The summed E-state index contributed by atoms with van der Waals surface area (Å²) < 4.78 is 5.34. The van der Waals surface area contributed by atoms with Gasteiger partial charge in [0.15, 0.2) is 6.61 Å². The Morgan fingerprint density at radius 2 is 2.31 bits per heavy atom. The highest BCUT2D eigenvalue weighted by atomic mass is 16.5. The Kier molecular flexibility index (Phi) is 2.83. The van der Waals surface area contributed by atoms with E-state index in [4.69, 9.17) is 10.5 Å². The summed E-state index contributed by atoms with van der Waals surface area (Å²) in [6.45, 7) is 2.08. The average Bonchev–Trinajstić information content (AvgIpc) is 2.23. The molecule has 2 rings (SSSR count). The van der Waals surface area contributed by atoms with E-state index in [0.29, 0.717) is 0 Å². The van der Waals surface area contributed by atoms with Crippen LogP contribution in [0.25, 0.3) is 0 Å². The first-order valence-corrected chi connectivity index (χ1v) is 5.36. The molecule has 1 heterocycles. The lowest BCUT2D eigenvalue weighted by molar-refractivity contribution is -0.120. The maximum atomic E-state index is 11.5. The fourth-order valence-electron chi connectivity index (χ4n) is 1.82. The van der Waals surface area contributed by atoms with Gasteiger partial charge >= 0.3 is 0 Å². The van der Waals surface area contributed by atoms with E-state index in [1.165, 1.54) is 0 Å². The third-order valence-electron chi connectivity index (χ3n) is 2.67. The molecule has 1 unspecified atom stereocenters. The van der Waals surface area contributed by atoms with Crippen LogP contribution in [0.3, 0.4) is 0 Å². The van der Waals surface area contributed by atoms with Crippen molar-refractivity contribution in [3.63, 3.8) is 0 Å². The summed E-state index contributed by atoms with van der Waals surface area (Å²) in [5, 5.41) is 0. The van der Waals surface area contributed by atoms with Crippen molar-refractivity contribution in [2.75, 3.05) is 18.6 Å². The number of carbonyl (C=O) groups is 1. The minimum atomic E-state index is -0.0227. The van der Waals surface area contributed by atoms with Crippen LogP contribution in [0.4, 0.5) is 5.69 Å². The number of benzene rings is 1. The molecule has 4 nitrogen and oxygen atoms in total. The molecule has 86 valence electrons. The van der Waals surface area contributed by atoms with Gasteiger partial charge in [-0.25, -0.2) is 0 Å². The fraction of sp³-hybridized carbons (Fsp3) is 0.417. The molecule has 0 aliphatic carbocycles. The number of rotatable bonds is 2. The number of anilines is 1. The molecule has 1 atom stereocenters. The quantitative estimate of drug-likeness (QED) is 0.806. The normalized spacial score (nSPS) is 16.7. The van der Waals surface area contributed by atoms with Crippen molar-refractivity contribution in [1.29, 1.82) is 0 Å². The first-order chi connectivity index (χ1) is 7.58. The fourth-order valence-corrected chi connectivity index (χ4v) is 1.82. The zero-order chi connectivity index (χ0) is 11.7. The number of fused-ring (bicyclic) bond motifs is 1. The molecule has 0 aromatic heterocycles. The molecule has 1 aliphatic rings. The number of nitrogens with zero attached hydrogens (tertiary/aromatic N) is 1. The van der Waals surface area contributed by atoms with E-state index in [1.807, 2.05) is 25.1 Å². The standard InChI is InChI=1S/C12H16N2O2/c1-8(13)5-9-3-4-11-10(6-9)14(2)12(15)7-16-11/h3-4,6,8H,5,7,13H2,1-2H3. The zero-order valence-electron chi connectivity index (χ0n) is 9.56. The third-order valence-corrected chi connectivity index (χ3v) is 2.67. The van der Waals surface area contributed by atoms with E-state index < -0.39 is 0 Å². The molecule has 0 bridgehead atoms. The highest BCUT2D eigenvalue weighted by Crippen LogP contribution is 2.32. The predicted octanol–water partition coefficient (Wildman–Crippen LogP) is 0.931. The second kappa shape index (κ2) is 4.14. The van der Waals surface area contributed by atoms with Gasteiger partial charge in [-0.1, -0.05) is 6.07 Å². The van der Waals surface area contributed by atoms with Crippen molar-refractivity contribution < 1.29 is 9.53 Å². The molecule has 1 aromatic rings. The van der Waals surface area contributed by atoms with Crippen LogP contribution in [0.5, 0.6) is 5.75 Å². The molecule has 1 amide bonds. The number of likely N-dealkylation sites (N-methyl/N-ethyl adjacent to an activating group) is 1. The minimum absolute atomic E-state index is 0.0227. The minimum Gasteiger partial charge on any atom is -0.482 e. The smallest absolute Gasteiger partial charge is 0.264 e. The Labute approximate surface area is 95.0 Å². The van der Waals surface area contributed by atoms with Crippen LogP contribution in [-0.4, -0.2) is 25.6 Å². The molecule has 0 fully saturated rings. The Morgan fingerprint density at radius 3 is 3.00 bits per heavy atom. The monoisotopic (exact) mass is 220 g/mol. The van der Waals surface area contributed by atoms with Gasteiger partial charge in [-0.15, -0.1) is 0 Å². The van der Waals surface area contributed by atoms with Crippen LogP contribution in [0.1, 0.15) is 12.5 Å². The number of ether oxygens (including phenoxy) is 1. The molecule has 0 saturated carbocycles. The Hall–Kier alpha value is -1.55. The van der Waals surface area contributed by atoms with E-state index in [-0.39, 0.29) is 18.6 Å². The van der Waals surface area contributed by atoms with Gasteiger partial charge in [0, 0.05) is 13.1 Å². The number of nitrogens with two attached hydrogens (primary N) is 1. The van der Waals surface area contributed by atoms with Gasteiger partial charge in [-0.05, 0) is 31.0 Å². The molecular weight excluding hydrogens is 204 g/mol. The van der Waals surface area contributed by atoms with Crippen LogP contribution in [0.2, 0.25) is 0 Å². The van der Waals surface area contributed by atoms with Crippen LogP contribution >= 0.6 is 0 Å². The van der Waals surface area contributed by atoms with Crippen molar-refractivity contribution in [1.82, 2.24) is 0 Å². The molecule has 0 spiro atoms. The molecule has 0 saturated heterocycles. The highest BCUT2D eigenvalue weighted by Gasteiger charge is 2.22. The van der Waals surface area contributed by atoms with Crippen LogP contribution < -0.4 is 15.4 Å². The lowest BCUT2D eigenvalue weighted by Gasteiger charge is -2.26.